The summed E-state index contributed by atoms with van der Waals surface area (Å²) in [5.74, 6) is -1.06. The molecule has 2 aromatic carbocycles. The van der Waals surface area contributed by atoms with Crippen LogP contribution in [0.3, 0.4) is 0 Å². The standard InChI is InChI=1S/C13H9ClO4/c14-9-3-1-8(2-4-9)13(17)18-12-6-5-10(15)7-11(12)16/h1-7,15-16H. The third kappa shape index (κ3) is 2.73. The number of ether oxygens (including phenoxy) is 1. The predicted octanol–water partition coefficient (Wildman–Crippen LogP) is 2.97. The number of rotatable bonds is 2. The number of hydrogen-bond acceptors (Lipinski definition) is 4. The number of halogens is 1. The molecule has 2 N–H and O–H groups in total. The van der Waals surface area contributed by atoms with Crippen molar-refractivity contribution in [3.63, 3.8) is 0 Å². The quantitative estimate of drug-likeness (QED) is 0.646. The lowest BCUT2D eigenvalue weighted by molar-refractivity contribution is 0.0729. The summed E-state index contributed by atoms with van der Waals surface area (Å²) in [4.78, 5) is 11.7. The molecule has 0 unspecified atom stereocenters. The number of carbonyl (C=O) groups excluding carboxylic acids is 1. The number of phenolic OH excluding ortho intramolecular Hbond substituents is 2. The molecule has 0 aromatic heterocycles. The van der Waals surface area contributed by atoms with E-state index in [2.05, 4.69) is 0 Å². The van der Waals surface area contributed by atoms with Crippen LogP contribution in [0.1, 0.15) is 10.4 Å². The summed E-state index contributed by atoms with van der Waals surface area (Å²) in [5, 5.41) is 19.1. The third-order valence-electron chi connectivity index (χ3n) is 2.23. The number of hydrogen-bond donors (Lipinski definition) is 2. The minimum atomic E-state index is -0.618. The van der Waals surface area contributed by atoms with E-state index >= 15 is 0 Å². The molecule has 2 aromatic rings. The van der Waals surface area contributed by atoms with Crippen LogP contribution >= 0.6 is 11.6 Å². The molecule has 0 saturated carbocycles. The van der Waals surface area contributed by atoms with Gasteiger partial charge in [0.05, 0.1) is 5.56 Å². The third-order valence-corrected chi connectivity index (χ3v) is 2.48. The van der Waals surface area contributed by atoms with E-state index in [1.807, 2.05) is 0 Å². The smallest absolute Gasteiger partial charge is 0.343 e. The van der Waals surface area contributed by atoms with E-state index in [-0.39, 0.29) is 17.2 Å². The molecule has 0 spiro atoms. The minimum absolute atomic E-state index is 0.0206. The number of aromatic hydroxyl groups is 2. The zero-order chi connectivity index (χ0) is 13.1. The second kappa shape index (κ2) is 4.98. The molecule has 0 aliphatic rings. The summed E-state index contributed by atoms with van der Waals surface area (Å²) in [6.07, 6.45) is 0. The van der Waals surface area contributed by atoms with Crippen molar-refractivity contribution in [1.29, 1.82) is 0 Å². The van der Waals surface area contributed by atoms with Gasteiger partial charge in [0.25, 0.3) is 0 Å². The summed E-state index contributed by atoms with van der Waals surface area (Å²) in [5.41, 5.74) is 0.312. The minimum Gasteiger partial charge on any atom is -0.508 e. The lowest BCUT2D eigenvalue weighted by atomic mass is 10.2. The number of benzene rings is 2. The molecule has 0 heterocycles. The van der Waals surface area contributed by atoms with E-state index < -0.39 is 5.97 Å². The number of phenols is 2. The maximum Gasteiger partial charge on any atom is 0.343 e. The summed E-state index contributed by atoms with van der Waals surface area (Å²) < 4.78 is 4.98. The van der Waals surface area contributed by atoms with E-state index in [0.717, 1.165) is 6.07 Å². The van der Waals surface area contributed by atoms with Crippen molar-refractivity contribution in [3.05, 3.63) is 53.1 Å². The Kier molecular flexibility index (Phi) is 3.39. The lowest BCUT2D eigenvalue weighted by Gasteiger charge is -2.06. The zero-order valence-corrected chi connectivity index (χ0v) is 9.89. The van der Waals surface area contributed by atoms with Crippen LogP contribution in [0, 0.1) is 0 Å². The summed E-state index contributed by atoms with van der Waals surface area (Å²) in [7, 11) is 0. The highest BCUT2D eigenvalue weighted by molar-refractivity contribution is 6.30. The van der Waals surface area contributed by atoms with Gasteiger partial charge in [-0.05, 0) is 36.4 Å². The Morgan fingerprint density at radius 3 is 2.33 bits per heavy atom. The molecule has 0 aliphatic heterocycles. The molecule has 4 nitrogen and oxygen atoms in total. The first-order valence-corrected chi connectivity index (χ1v) is 5.44. The Morgan fingerprint density at radius 2 is 1.72 bits per heavy atom. The Bertz CT molecular complexity index is 578. The first-order valence-electron chi connectivity index (χ1n) is 5.06. The maximum absolute atomic E-state index is 11.7. The van der Waals surface area contributed by atoms with Crippen LogP contribution in [0.4, 0.5) is 0 Å². The van der Waals surface area contributed by atoms with Gasteiger partial charge in [-0.15, -0.1) is 0 Å². The van der Waals surface area contributed by atoms with E-state index in [9.17, 15) is 9.90 Å². The molecule has 0 amide bonds. The predicted molar refractivity (Wildman–Crippen MR) is 66.2 cm³/mol. The largest absolute Gasteiger partial charge is 0.508 e. The first-order chi connectivity index (χ1) is 8.56. The monoisotopic (exact) mass is 264 g/mol. The van der Waals surface area contributed by atoms with E-state index in [0.29, 0.717) is 10.6 Å². The van der Waals surface area contributed by atoms with Crippen LogP contribution in [-0.2, 0) is 0 Å². The average molecular weight is 265 g/mol. The highest BCUT2D eigenvalue weighted by Crippen LogP contribution is 2.30. The fourth-order valence-electron chi connectivity index (χ4n) is 1.34. The molecule has 0 fully saturated rings. The van der Waals surface area contributed by atoms with Gasteiger partial charge in [0.1, 0.15) is 5.75 Å². The van der Waals surface area contributed by atoms with Gasteiger partial charge in [0.2, 0.25) is 0 Å². The van der Waals surface area contributed by atoms with Crippen molar-refractivity contribution >= 4 is 17.6 Å². The van der Waals surface area contributed by atoms with Crippen LogP contribution in [0.15, 0.2) is 42.5 Å². The normalized spacial score (nSPS) is 10.1. The van der Waals surface area contributed by atoms with Crippen molar-refractivity contribution in [2.45, 2.75) is 0 Å². The van der Waals surface area contributed by atoms with Crippen LogP contribution in [0.25, 0.3) is 0 Å². The Hall–Kier alpha value is -2.20. The van der Waals surface area contributed by atoms with Gasteiger partial charge in [0.15, 0.2) is 11.5 Å². The molecule has 5 heteroatoms. The molecule has 0 bridgehead atoms. The van der Waals surface area contributed by atoms with Gasteiger partial charge in [-0.2, -0.15) is 0 Å². The van der Waals surface area contributed by atoms with Crippen molar-refractivity contribution in [3.8, 4) is 17.2 Å². The average Bonchev–Trinajstić information content (AvgIpc) is 2.33. The van der Waals surface area contributed by atoms with Crippen molar-refractivity contribution in [2.75, 3.05) is 0 Å². The van der Waals surface area contributed by atoms with E-state index in [1.54, 1.807) is 12.1 Å². The Morgan fingerprint density at radius 1 is 1.06 bits per heavy atom. The van der Waals surface area contributed by atoms with Crippen LogP contribution < -0.4 is 4.74 Å². The SMILES string of the molecule is O=C(Oc1ccc(O)cc1O)c1ccc(Cl)cc1. The fourth-order valence-corrected chi connectivity index (χ4v) is 1.46. The molecular weight excluding hydrogens is 256 g/mol. The highest BCUT2D eigenvalue weighted by atomic mass is 35.5. The van der Waals surface area contributed by atoms with Crippen molar-refractivity contribution < 1.29 is 19.7 Å². The Balaban J connectivity index is 2.18. The second-order valence-electron chi connectivity index (χ2n) is 3.55. The van der Waals surface area contributed by atoms with Gasteiger partial charge in [-0.25, -0.2) is 4.79 Å². The molecule has 92 valence electrons. The number of carbonyl (C=O) groups is 1. The van der Waals surface area contributed by atoms with Gasteiger partial charge < -0.3 is 14.9 Å². The molecule has 18 heavy (non-hydrogen) atoms. The molecule has 0 saturated heterocycles. The van der Waals surface area contributed by atoms with Crippen LogP contribution in [-0.4, -0.2) is 16.2 Å². The molecule has 2 rings (SSSR count). The fraction of sp³-hybridized carbons (Fsp3) is 0. The molecular formula is C13H9ClO4. The van der Waals surface area contributed by atoms with E-state index in [1.165, 1.54) is 24.3 Å². The summed E-state index contributed by atoms with van der Waals surface area (Å²) in [6.45, 7) is 0. The molecule has 0 atom stereocenters. The van der Waals surface area contributed by atoms with Crippen molar-refractivity contribution in [1.82, 2.24) is 0 Å². The second-order valence-corrected chi connectivity index (χ2v) is 3.98. The van der Waals surface area contributed by atoms with Gasteiger partial charge in [-0.1, -0.05) is 11.6 Å². The lowest BCUT2D eigenvalue weighted by Crippen LogP contribution is -2.08. The highest BCUT2D eigenvalue weighted by Gasteiger charge is 2.11. The summed E-state index contributed by atoms with van der Waals surface area (Å²) >= 11 is 5.70. The molecule has 0 radical (unpaired) electrons. The maximum atomic E-state index is 11.7. The summed E-state index contributed by atoms with van der Waals surface area (Å²) in [6, 6.07) is 9.86. The van der Waals surface area contributed by atoms with Gasteiger partial charge in [0, 0.05) is 11.1 Å². The van der Waals surface area contributed by atoms with Crippen molar-refractivity contribution in [2.24, 2.45) is 0 Å². The molecule has 0 aliphatic carbocycles. The first kappa shape index (κ1) is 12.3. The van der Waals surface area contributed by atoms with E-state index in [4.69, 9.17) is 21.4 Å². The Labute approximate surface area is 108 Å². The van der Waals surface area contributed by atoms with Crippen LogP contribution in [0.2, 0.25) is 5.02 Å². The van der Waals surface area contributed by atoms with Gasteiger partial charge >= 0.3 is 5.97 Å². The number of esters is 1. The topological polar surface area (TPSA) is 66.8 Å². The van der Waals surface area contributed by atoms with Crippen LogP contribution in [0.5, 0.6) is 17.2 Å². The zero-order valence-electron chi connectivity index (χ0n) is 9.13. The van der Waals surface area contributed by atoms with Gasteiger partial charge in [-0.3, -0.25) is 0 Å².